The molecule has 2 N–H and O–H groups in total. The van der Waals surface area contributed by atoms with E-state index in [2.05, 4.69) is 5.32 Å². The number of carboxylic acids is 1. The fourth-order valence-corrected chi connectivity index (χ4v) is 3.42. The molecule has 0 aliphatic carbocycles. The van der Waals surface area contributed by atoms with E-state index < -0.39 is 12.0 Å². The number of nitrogens with one attached hydrogen (secondary N) is 1. The third kappa shape index (κ3) is 4.03. The van der Waals surface area contributed by atoms with Crippen LogP contribution >= 0.6 is 11.3 Å². The van der Waals surface area contributed by atoms with Crippen LogP contribution in [0.3, 0.4) is 0 Å². The molecule has 0 radical (unpaired) electrons. The number of thiophene rings is 1. The van der Waals surface area contributed by atoms with E-state index in [0.717, 1.165) is 23.3 Å². The molecular formula is C14H20N2O4S. The fourth-order valence-electron chi connectivity index (χ4n) is 2.51. The van der Waals surface area contributed by atoms with Crippen LogP contribution in [0.15, 0.2) is 11.4 Å². The van der Waals surface area contributed by atoms with E-state index in [1.54, 1.807) is 23.3 Å². The number of carboxylic acid groups (broad SMARTS) is 1. The number of carbonyl (C=O) groups excluding carboxylic acids is 1. The van der Waals surface area contributed by atoms with Crippen LogP contribution in [0.5, 0.6) is 0 Å². The molecule has 1 unspecified atom stereocenters. The molecule has 1 amide bonds. The average molecular weight is 312 g/mol. The molecule has 0 spiro atoms. The molecule has 1 aromatic rings. The first-order chi connectivity index (χ1) is 10.1. The van der Waals surface area contributed by atoms with Crippen molar-refractivity contribution in [3.63, 3.8) is 0 Å². The summed E-state index contributed by atoms with van der Waals surface area (Å²) in [5.41, 5.74) is 0.825. The van der Waals surface area contributed by atoms with Crippen LogP contribution < -0.4 is 5.32 Å². The Morgan fingerprint density at radius 2 is 2.38 bits per heavy atom. The van der Waals surface area contributed by atoms with Crippen LogP contribution in [0, 0.1) is 0 Å². The Kier molecular flexibility index (Phi) is 5.72. The highest BCUT2D eigenvalue weighted by atomic mass is 32.1. The van der Waals surface area contributed by atoms with Crippen LogP contribution in [0.2, 0.25) is 0 Å². The number of amides is 1. The maximum Gasteiger partial charge on any atom is 0.325 e. The Morgan fingerprint density at radius 1 is 1.57 bits per heavy atom. The Hall–Kier alpha value is -1.44. The van der Waals surface area contributed by atoms with Crippen molar-refractivity contribution in [3.05, 3.63) is 21.9 Å². The van der Waals surface area contributed by atoms with Gasteiger partial charge in [-0.2, -0.15) is 0 Å². The predicted molar refractivity (Wildman–Crippen MR) is 79.5 cm³/mol. The largest absolute Gasteiger partial charge is 0.480 e. The van der Waals surface area contributed by atoms with Gasteiger partial charge >= 0.3 is 5.97 Å². The maximum absolute atomic E-state index is 11.9. The first kappa shape index (κ1) is 15.9. The summed E-state index contributed by atoms with van der Waals surface area (Å²) in [5.74, 6) is -1.04. The van der Waals surface area contributed by atoms with Gasteiger partial charge in [-0.25, -0.2) is 0 Å². The molecule has 1 aliphatic rings. The highest BCUT2D eigenvalue weighted by Crippen LogP contribution is 2.33. The van der Waals surface area contributed by atoms with Crippen molar-refractivity contribution >= 4 is 23.2 Å². The first-order valence-electron chi connectivity index (χ1n) is 6.92. The number of hydrogen-bond acceptors (Lipinski definition) is 5. The van der Waals surface area contributed by atoms with Crippen LogP contribution in [0.1, 0.15) is 22.9 Å². The standard InChI is InChI=1S/C14H20N2O4S/c1-20-7-2-5-15-12(17)9-16-6-3-11-10(4-8-21-11)13(16)14(18)19/h4,8,13H,2-3,5-7,9H2,1H3,(H,15,17)(H,18,19). The summed E-state index contributed by atoms with van der Waals surface area (Å²) >= 11 is 1.58. The zero-order valence-electron chi connectivity index (χ0n) is 12.0. The van der Waals surface area contributed by atoms with Crippen molar-refractivity contribution in [2.45, 2.75) is 18.9 Å². The minimum Gasteiger partial charge on any atom is -0.480 e. The highest BCUT2D eigenvalue weighted by molar-refractivity contribution is 7.10. The zero-order valence-corrected chi connectivity index (χ0v) is 12.8. The van der Waals surface area contributed by atoms with E-state index in [1.807, 2.05) is 11.4 Å². The third-order valence-corrected chi connectivity index (χ3v) is 4.49. The van der Waals surface area contributed by atoms with E-state index >= 15 is 0 Å². The second-order valence-electron chi connectivity index (χ2n) is 4.96. The summed E-state index contributed by atoms with van der Waals surface area (Å²) in [6.45, 7) is 1.84. The van der Waals surface area contributed by atoms with E-state index in [9.17, 15) is 14.7 Å². The van der Waals surface area contributed by atoms with Gasteiger partial charge < -0.3 is 15.2 Å². The van der Waals surface area contributed by atoms with Gasteiger partial charge in [0.15, 0.2) is 0 Å². The van der Waals surface area contributed by atoms with Crippen LogP contribution in [-0.2, 0) is 20.7 Å². The molecule has 2 heterocycles. The molecule has 1 aliphatic heterocycles. The van der Waals surface area contributed by atoms with Crippen molar-refractivity contribution < 1.29 is 19.4 Å². The minimum absolute atomic E-state index is 0.110. The lowest BCUT2D eigenvalue weighted by Gasteiger charge is -2.32. The van der Waals surface area contributed by atoms with Crippen molar-refractivity contribution in [1.29, 1.82) is 0 Å². The van der Waals surface area contributed by atoms with Crippen molar-refractivity contribution in [3.8, 4) is 0 Å². The van der Waals surface area contributed by atoms with Gasteiger partial charge in [0, 0.05) is 31.7 Å². The van der Waals surface area contributed by atoms with Gasteiger partial charge in [0.2, 0.25) is 5.91 Å². The monoisotopic (exact) mass is 312 g/mol. The topological polar surface area (TPSA) is 78.9 Å². The maximum atomic E-state index is 11.9. The Balaban J connectivity index is 1.93. The summed E-state index contributed by atoms with van der Waals surface area (Å²) < 4.78 is 4.91. The summed E-state index contributed by atoms with van der Waals surface area (Å²) in [7, 11) is 1.62. The second-order valence-corrected chi connectivity index (χ2v) is 5.96. The quantitative estimate of drug-likeness (QED) is 0.731. The summed E-state index contributed by atoms with van der Waals surface area (Å²) in [6, 6.07) is 1.13. The number of methoxy groups -OCH3 is 1. The number of aliphatic carboxylic acids is 1. The Bertz CT molecular complexity index is 503. The van der Waals surface area contributed by atoms with Crippen LogP contribution in [0.25, 0.3) is 0 Å². The van der Waals surface area contributed by atoms with Gasteiger partial charge in [0.25, 0.3) is 0 Å². The second kappa shape index (κ2) is 7.53. The predicted octanol–water partition coefficient (Wildman–Crippen LogP) is 0.885. The minimum atomic E-state index is -0.901. The normalized spacial score (nSPS) is 18.2. The first-order valence-corrected chi connectivity index (χ1v) is 7.80. The van der Waals surface area contributed by atoms with Gasteiger partial charge in [-0.05, 0) is 29.9 Å². The third-order valence-electron chi connectivity index (χ3n) is 3.49. The lowest BCUT2D eigenvalue weighted by atomic mass is 10.00. The molecular weight excluding hydrogens is 292 g/mol. The average Bonchev–Trinajstić information content (AvgIpc) is 2.91. The fraction of sp³-hybridized carbons (Fsp3) is 0.571. The molecule has 7 heteroatoms. The molecule has 6 nitrogen and oxygen atoms in total. The Morgan fingerprint density at radius 3 is 3.10 bits per heavy atom. The molecule has 0 saturated carbocycles. The number of hydrogen-bond donors (Lipinski definition) is 2. The van der Waals surface area contributed by atoms with Crippen molar-refractivity contribution in [1.82, 2.24) is 10.2 Å². The van der Waals surface area contributed by atoms with Gasteiger partial charge in [0.05, 0.1) is 6.54 Å². The van der Waals surface area contributed by atoms with Gasteiger partial charge in [-0.15, -0.1) is 11.3 Å². The van der Waals surface area contributed by atoms with Crippen LogP contribution in [-0.4, -0.2) is 55.2 Å². The van der Waals surface area contributed by atoms with E-state index in [0.29, 0.717) is 19.7 Å². The lowest BCUT2D eigenvalue weighted by molar-refractivity contribution is -0.144. The number of nitrogens with zero attached hydrogens (tertiary/aromatic N) is 1. The molecule has 2 rings (SSSR count). The van der Waals surface area contributed by atoms with Gasteiger partial charge in [-0.1, -0.05) is 0 Å². The highest BCUT2D eigenvalue weighted by Gasteiger charge is 2.34. The van der Waals surface area contributed by atoms with Crippen molar-refractivity contribution in [2.75, 3.05) is 33.4 Å². The van der Waals surface area contributed by atoms with Crippen LogP contribution in [0.4, 0.5) is 0 Å². The molecule has 1 atom stereocenters. The van der Waals surface area contributed by atoms with E-state index in [1.165, 1.54) is 0 Å². The number of ether oxygens (including phenoxy) is 1. The number of carbonyl (C=O) groups is 2. The lowest BCUT2D eigenvalue weighted by Crippen LogP contribution is -2.45. The smallest absolute Gasteiger partial charge is 0.325 e. The number of fused-ring (bicyclic) bond motifs is 1. The Labute approximate surface area is 127 Å². The molecule has 21 heavy (non-hydrogen) atoms. The van der Waals surface area contributed by atoms with E-state index in [4.69, 9.17) is 4.74 Å². The molecule has 0 aromatic carbocycles. The number of rotatable bonds is 7. The summed E-state index contributed by atoms with van der Waals surface area (Å²) in [4.78, 5) is 26.3. The molecule has 0 saturated heterocycles. The summed E-state index contributed by atoms with van der Waals surface area (Å²) in [6.07, 6.45) is 1.55. The van der Waals surface area contributed by atoms with Crippen molar-refractivity contribution in [2.24, 2.45) is 0 Å². The SMILES string of the molecule is COCCCNC(=O)CN1CCc2sccc2C1C(=O)O. The van der Waals surface area contributed by atoms with Gasteiger partial charge in [-0.3, -0.25) is 14.5 Å². The molecule has 1 aromatic heterocycles. The van der Waals surface area contributed by atoms with Gasteiger partial charge in [0.1, 0.15) is 6.04 Å². The zero-order chi connectivity index (χ0) is 15.2. The molecule has 0 fully saturated rings. The van der Waals surface area contributed by atoms with E-state index in [-0.39, 0.29) is 12.5 Å². The molecule has 0 bridgehead atoms. The molecule has 116 valence electrons. The summed E-state index contributed by atoms with van der Waals surface area (Å²) in [5, 5.41) is 14.2.